The Hall–Kier alpha value is -1.75. The van der Waals surface area contributed by atoms with Crippen molar-refractivity contribution in [3.63, 3.8) is 0 Å². The maximum absolute atomic E-state index is 10.9. The normalized spacial score (nSPS) is 20.5. The van der Waals surface area contributed by atoms with Gasteiger partial charge in [-0.2, -0.15) is 0 Å². The first-order valence-electron chi connectivity index (χ1n) is 10.5. The number of rotatable bonds is 13. The van der Waals surface area contributed by atoms with E-state index in [1.54, 1.807) is 6.92 Å². The summed E-state index contributed by atoms with van der Waals surface area (Å²) >= 11 is 0. The zero-order valence-corrected chi connectivity index (χ0v) is 15.0. The second-order valence-corrected chi connectivity index (χ2v) is 5.57. The number of allylic oxidation sites excluding steroid dienone is 6. The summed E-state index contributed by atoms with van der Waals surface area (Å²) in [5, 5.41) is 29.2. The van der Waals surface area contributed by atoms with E-state index >= 15 is 0 Å². The van der Waals surface area contributed by atoms with Gasteiger partial charge in [0.05, 0.1) is 23.8 Å². The number of aliphatic hydroxyl groups excluding tert-OH is 3. The van der Waals surface area contributed by atoms with Crippen molar-refractivity contribution in [1.82, 2.24) is 0 Å². The minimum atomic E-state index is -1.10. The van der Waals surface area contributed by atoms with Crippen LogP contribution in [0, 0.1) is 0 Å². The highest BCUT2D eigenvalue weighted by Crippen LogP contribution is 2.03. The van der Waals surface area contributed by atoms with Gasteiger partial charge in [0.2, 0.25) is 0 Å². The Morgan fingerprint density at radius 2 is 1.72 bits per heavy atom. The monoisotopic (exact) mass is 352 g/mol. The van der Waals surface area contributed by atoms with Crippen LogP contribution in [0.5, 0.6) is 0 Å². The van der Waals surface area contributed by atoms with Gasteiger partial charge >= 0.3 is 0 Å². The summed E-state index contributed by atoms with van der Waals surface area (Å²) in [7, 11) is 0. The Labute approximate surface area is 157 Å². The third-order valence-corrected chi connectivity index (χ3v) is 3.11. The SMILES string of the molecule is [2H]C(/C=C/[C@H](O)CC)=C(\[2H])C[C@@H](O)/C=C/C=C/C([2H])=C(/[2H])[C@@H](O)CCCC(C)=O. The molecule has 0 aromatic carbocycles. The van der Waals surface area contributed by atoms with Crippen molar-refractivity contribution >= 4 is 5.78 Å². The molecule has 0 saturated carbocycles. The summed E-state index contributed by atoms with van der Waals surface area (Å²) in [5.74, 6) is 0.0141. The first-order chi connectivity index (χ1) is 13.6. The second-order valence-electron chi connectivity index (χ2n) is 5.57. The van der Waals surface area contributed by atoms with Gasteiger partial charge in [0.25, 0.3) is 0 Å². The average Bonchev–Trinajstić information content (AvgIpc) is 2.67. The Morgan fingerprint density at radius 1 is 1.00 bits per heavy atom. The molecule has 0 fully saturated rings. The zero-order valence-electron chi connectivity index (χ0n) is 19.0. The van der Waals surface area contributed by atoms with Crippen LogP contribution in [-0.2, 0) is 4.79 Å². The molecule has 0 bridgehead atoms. The van der Waals surface area contributed by atoms with E-state index in [2.05, 4.69) is 0 Å². The molecule has 0 aromatic heterocycles. The van der Waals surface area contributed by atoms with Crippen LogP contribution in [0.4, 0.5) is 0 Å². The van der Waals surface area contributed by atoms with Crippen molar-refractivity contribution in [1.29, 1.82) is 0 Å². The number of carbonyl (C=O) groups excluding carboxylic acids is 1. The lowest BCUT2D eigenvalue weighted by Gasteiger charge is -2.02. The van der Waals surface area contributed by atoms with Gasteiger partial charge in [0.1, 0.15) is 5.78 Å². The van der Waals surface area contributed by atoms with Crippen molar-refractivity contribution in [3.8, 4) is 0 Å². The third kappa shape index (κ3) is 16.9. The molecule has 0 amide bonds. The van der Waals surface area contributed by atoms with Gasteiger partial charge in [-0.15, -0.1) is 0 Å². The fourth-order valence-corrected chi connectivity index (χ4v) is 1.64. The molecular weight excluding hydrogens is 316 g/mol. The number of hydrogen-bond donors (Lipinski definition) is 3. The molecule has 140 valence electrons. The number of hydrogen-bond acceptors (Lipinski definition) is 4. The number of Topliss-reactive ketones (excluding diaryl/α,β-unsaturated/α-hetero) is 1. The van der Waals surface area contributed by atoms with Gasteiger partial charge in [0, 0.05) is 6.42 Å². The predicted octanol–water partition coefficient (Wildman–Crippen LogP) is 3.41. The molecule has 4 heteroatoms. The van der Waals surface area contributed by atoms with Crippen molar-refractivity contribution in [2.45, 2.75) is 64.3 Å². The van der Waals surface area contributed by atoms with E-state index in [1.165, 1.54) is 43.4 Å². The van der Waals surface area contributed by atoms with Gasteiger partial charge in [-0.1, -0.05) is 67.6 Å². The Bertz CT molecular complexity index is 666. The van der Waals surface area contributed by atoms with Crippen LogP contribution in [-0.4, -0.2) is 39.4 Å². The van der Waals surface area contributed by atoms with E-state index in [0.29, 0.717) is 19.3 Å². The fraction of sp³-hybridized carbons (Fsp3) is 0.476. The molecule has 4 nitrogen and oxygen atoms in total. The highest BCUT2D eigenvalue weighted by molar-refractivity contribution is 5.75. The molecule has 0 unspecified atom stereocenters. The molecule has 0 aliphatic heterocycles. The van der Waals surface area contributed by atoms with Crippen molar-refractivity contribution in [2.75, 3.05) is 0 Å². The zero-order chi connectivity index (χ0) is 22.4. The predicted molar refractivity (Wildman–Crippen MR) is 103 cm³/mol. The van der Waals surface area contributed by atoms with E-state index in [9.17, 15) is 20.1 Å². The van der Waals surface area contributed by atoms with Gasteiger partial charge in [0.15, 0.2) is 0 Å². The fourth-order valence-electron chi connectivity index (χ4n) is 1.64. The summed E-state index contributed by atoms with van der Waals surface area (Å²) in [4.78, 5) is 10.9. The third-order valence-electron chi connectivity index (χ3n) is 3.11. The number of ketones is 1. The van der Waals surface area contributed by atoms with E-state index in [-0.39, 0.29) is 42.8 Å². The maximum atomic E-state index is 10.9. The highest BCUT2D eigenvalue weighted by Gasteiger charge is 1.99. The van der Waals surface area contributed by atoms with Crippen molar-refractivity contribution in [2.24, 2.45) is 0 Å². The van der Waals surface area contributed by atoms with E-state index in [0.717, 1.165) is 0 Å². The van der Waals surface area contributed by atoms with E-state index < -0.39 is 18.3 Å². The van der Waals surface area contributed by atoms with Crippen molar-refractivity contribution in [3.05, 3.63) is 60.7 Å². The molecule has 0 saturated heterocycles. The molecule has 3 atom stereocenters. The Morgan fingerprint density at radius 3 is 2.40 bits per heavy atom. The van der Waals surface area contributed by atoms with Gasteiger partial charge in [-0.3, -0.25) is 0 Å². The first-order valence-corrected chi connectivity index (χ1v) is 8.48. The lowest BCUT2D eigenvalue weighted by Crippen LogP contribution is -2.02. The smallest absolute Gasteiger partial charge is 0.129 e. The minimum absolute atomic E-state index is 0.0141. The van der Waals surface area contributed by atoms with Gasteiger partial charge < -0.3 is 20.1 Å². The lowest BCUT2D eigenvalue weighted by atomic mass is 10.1. The summed E-state index contributed by atoms with van der Waals surface area (Å²) < 4.78 is 31.0. The van der Waals surface area contributed by atoms with Crippen LogP contribution in [0.15, 0.2) is 60.7 Å². The summed E-state index contributed by atoms with van der Waals surface area (Å²) in [6.07, 6.45) is 7.05. The van der Waals surface area contributed by atoms with Gasteiger partial charge in [-0.05, 0) is 32.6 Å². The number of carbonyl (C=O) groups is 1. The minimum Gasteiger partial charge on any atom is -0.389 e. The molecule has 0 spiro atoms. The Balaban J connectivity index is 4.69. The van der Waals surface area contributed by atoms with Crippen LogP contribution in [0.2, 0.25) is 0 Å². The average molecular weight is 353 g/mol. The van der Waals surface area contributed by atoms with Crippen LogP contribution < -0.4 is 0 Å². The van der Waals surface area contributed by atoms with Crippen LogP contribution >= 0.6 is 0 Å². The molecule has 0 heterocycles. The van der Waals surface area contributed by atoms with Crippen LogP contribution in [0.1, 0.15) is 51.4 Å². The first kappa shape index (κ1) is 16.7. The highest BCUT2D eigenvalue weighted by atomic mass is 16.3. The lowest BCUT2D eigenvalue weighted by molar-refractivity contribution is -0.117. The summed E-state index contributed by atoms with van der Waals surface area (Å²) in [5.41, 5.74) is 0. The molecular formula is C21H32O4. The van der Waals surface area contributed by atoms with Gasteiger partial charge in [-0.25, -0.2) is 0 Å². The molecule has 3 N–H and O–H groups in total. The molecule has 0 aliphatic carbocycles. The molecule has 0 radical (unpaired) electrons. The quantitative estimate of drug-likeness (QED) is 0.444. The molecule has 0 aliphatic rings. The van der Waals surface area contributed by atoms with E-state index in [4.69, 9.17) is 5.48 Å². The Kier molecular flexibility index (Phi) is 10.5. The summed E-state index contributed by atoms with van der Waals surface area (Å²) in [6.45, 7) is 3.25. The molecule has 0 aromatic rings. The topological polar surface area (TPSA) is 77.8 Å². The van der Waals surface area contributed by atoms with Crippen LogP contribution in [0.25, 0.3) is 0 Å². The second kappa shape index (κ2) is 15.8. The van der Waals surface area contributed by atoms with E-state index in [1.807, 2.05) is 0 Å². The molecule has 0 rings (SSSR count). The largest absolute Gasteiger partial charge is 0.389 e. The standard InChI is InChI=1S/C21H32O4/c1-3-19(23)13-9-6-10-16-20(24)14-7-4-5-8-15-21(25)17-11-12-18(2)22/h4-10,13-15,19-21,23-25H,3,11-12,16-17H2,1-2H3/b5-4+,10-6-,13-9+,14-7+,15-8-/t19-,20+,21-/m1/s1/i6D,8D,10D,15D. The van der Waals surface area contributed by atoms with Crippen molar-refractivity contribution < 1.29 is 25.6 Å². The molecule has 25 heavy (non-hydrogen) atoms. The number of aliphatic hydroxyl groups is 3. The summed E-state index contributed by atoms with van der Waals surface area (Å²) in [6, 6.07) is -0.577. The maximum Gasteiger partial charge on any atom is 0.129 e. The van der Waals surface area contributed by atoms with Crippen LogP contribution in [0.3, 0.4) is 0 Å².